The molecule has 0 saturated carbocycles. The Morgan fingerprint density at radius 3 is 2.67 bits per heavy atom. The monoisotopic (exact) mass is 255 g/mol. The van der Waals surface area contributed by atoms with Crippen molar-refractivity contribution in [2.45, 2.75) is 19.3 Å². The lowest BCUT2D eigenvalue weighted by atomic mass is 10.2. The van der Waals surface area contributed by atoms with Crippen LogP contribution in [0.4, 0.5) is 20.2 Å². The van der Waals surface area contributed by atoms with Gasteiger partial charge >= 0.3 is 0 Å². The Balaban J connectivity index is 1.80. The van der Waals surface area contributed by atoms with E-state index in [2.05, 4.69) is 10.2 Å². The van der Waals surface area contributed by atoms with Gasteiger partial charge in [-0.1, -0.05) is 0 Å². The maximum atomic E-state index is 13.5. The van der Waals surface area contributed by atoms with E-state index in [-0.39, 0.29) is 11.4 Å². The third-order valence-corrected chi connectivity index (χ3v) is 3.28. The molecule has 0 aromatic heterocycles. The molecule has 0 spiro atoms. The number of likely N-dealkylation sites (tertiary alicyclic amines) is 1. The zero-order valence-corrected chi connectivity index (χ0v) is 10.4. The van der Waals surface area contributed by atoms with E-state index in [1.165, 1.54) is 18.9 Å². The van der Waals surface area contributed by atoms with Gasteiger partial charge in [-0.25, -0.2) is 8.78 Å². The van der Waals surface area contributed by atoms with Gasteiger partial charge in [0.05, 0.1) is 11.4 Å². The van der Waals surface area contributed by atoms with E-state index in [1.807, 2.05) is 0 Å². The fourth-order valence-corrected chi connectivity index (χ4v) is 2.27. The number of nitrogens with zero attached hydrogens (tertiary/aromatic N) is 1. The number of hydrogen-bond acceptors (Lipinski definition) is 3. The molecule has 3 N–H and O–H groups in total. The van der Waals surface area contributed by atoms with Crippen molar-refractivity contribution < 1.29 is 8.78 Å². The molecule has 1 aromatic rings. The highest BCUT2D eigenvalue weighted by Gasteiger charge is 2.12. The lowest BCUT2D eigenvalue weighted by Crippen LogP contribution is -2.22. The van der Waals surface area contributed by atoms with Crippen LogP contribution in [0.5, 0.6) is 0 Å². The van der Waals surface area contributed by atoms with Crippen LogP contribution in [0.25, 0.3) is 0 Å². The van der Waals surface area contributed by atoms with Gasteiger partial charge < -0.3 is 16.0 Å². The predicted octanol–water partition coefficient (Wildman–Crippen LogP) is 2.44. The average Bonchev–Trinajstić information content (AvgIpc) is 2.86. The first-order valence-electron chi connectivity index (χ1n) is 6.38. The van der Waals surface area contributed by atoms with Crippen LogP contribution >= 0.6 is 0 Å². The molecule has 2 rings (SSSR count). The summed E-state index contributed by atoms with van der Waals surface area (Å²) in [5, 5.41) is 2.88. The summed E-state index contributed by atoms with van der Waals surface area (Å²) >= 11 is 0. The summed E-state index contributed by atoms with van der Waals surface area (Å²) < 4.78 is 26.5. The summed E-state index contributed by atoms with van der Waals surface area (Å²) in [6, 6.07) is 2.42. The summed E-state index contributed by atoms with van der Waals surface area (Å²) in [5.41, 5.74) is 5.94. The van der Waals surface area contributed by atoms with Crippen molar-refractivity contribution in [2.75, 3.05) is 37.2 Å². The average molecular weight is 255 g/mol. The van der Waals surface area contributed by atoms with Crippen LogP contribution in [0, 0.1) is 11.6 Å². The Morgan fingerprint density at radius 1 is 1.22 bits per heavy atom. The van der Waals surface area contributed by atoms with Crippen molar-refractivity contribution in [3.05, 3.63) is 23.8 Å². The largest absolute Gasteiger partial charge is 0.397 e. The molecule has 1 saturated heterocycles. The summed E-state index contributed by atoms with van der Waals surface area (Å²) in [5.74, 6) is -1.76. The van der Waals surface area contributed by atoms with Crippen molar-refractivity contribution in [3.8, 4) is 0 Å². The quantitative estimate of drug-likeness (QED) is 0.627. The fraction of sp³-hybridized carbons (Fsp3) is 0.538. The van der Waals surface area contributed by atoms with E-state index in [9.17, 15) is 8.78 Å². The Labute approximate surface area is 106 Å². The van der Waals surface area contributed by atoms with Gasteiger partial charge in [0.2, 0.25) is 0 Å². The van der Waals surface area contributed by atoms with Gasteiger partial charge in [0, 0.05) is 6.54 Å². The lowest BCUT2D eigenvalue weighted by Gasteiger charge is -2.15. The van der Waals surface area contributed by atoms with Crippen LogP contribution in [-0.4, -0.2) is 31.1 Å². The van der Waals surface area contributed by atoms with Gasteiger partial charge in [-0.2, -0.15) is 0 Å². The van der Waals surface area contributed by atoms with E-state index in [1.54, 1.807) is 0 Å². The molecule has 3 nitrogen and oxygen atoms in total. The molecule has 0 bridgehead atoms. The number of nitrogens with two attached hydrogens (primary N) is 1. The van der Waals surface area contributed by atoms with Crippen molar-refractivity contribution in [2.24, 2.45) is 0 Å². The maximum absolute atomic E-state index is 13.5. The molecule has 5 heteroatoms. The molecule has 1 heterocycles. The van der Waals surface area contributed by atoms with E-state index in [0.29, 0.717) is 6.54 Å². The van der Waals surface area contributed by atoms with Crippen molar-refractivity contribution in [1.82, 2.24) is 4.90 Å². The molecule has 100 valence electrons. The van der Waals surface area contributed by atoms with Crippen molar-refractivity contribution in [1.29, 1.82) is 0 Å². The van der Waals surface area contributed by atoms with Gasteiger partial charge in [0.15, 0.2) is 11.6 Å². The summed E-state index contributed by atoms with van der Waals surface area (Å²) in [7, 11) is 0. The second-order valence-corrected chi connectivity index (χ2v) is 4.65. The second-order valence-electron chi connectivity index (χ2n) is 4.65. The second kappa shape index (κ2) is 6.00. The maximum Gasteiger partial charge on any atom is 0.183 e. The smallest absolute Gasteiger partial charge is 0.183 e. The first-order valence-corrected chi connectivity index (χ1v) is 6.38. The number of rotatable bonds is 5. The van der Waals surface area contributed by atoms with E-state index in [4.69, 9.17) is 5.73 Å². The summed E-state index contributed by atoms with van der Waals surface area (Å²) in [4.78, 5) is 2.38. The predicted molar refractivity (Wildman–Crippen MR) is 69.6 cm³/mol. The molecular formula is C13H19F2N3. The summed E-state index contributed by atoms with van der Waals surface area (Å²) in [6.07, 6.45) is 3.42. The van der Waals surface area contributed by atoms with Crippen LogP contribution in [0.3, 0.4) is 0 Å². The first kappa shape index (κ1) is 13.1. The number of anilines is 2. The molecule has 1 aliphatic heterocycles. The van der Waals surface area contributed by atoms with Gasteiger partial charge in [0.25, 0.3) is 0 Å². The minimum Gasteiger partial charge on any atom is -0.397 e. The lowest BCUT2D eigenvalue weighted by molar-refractivity contribution is 0.337. The van der Waals surface area contributed by atoms with Crippen LogP contribution in [-0.2, 0) is 0 Å². The molecule has 1 aromatic carbocycles. The topological polar surface area (TPSA) is 41.3 Å². The van der Waals surface area contributed by atoms with Crippen LogP contribution in [0.15, 0.2) is 12.1 Å². The van der Waals surface area contributed by atoms with E-state index < -0.39 is 11.6 Å². The van der Waals surface area contributed by atoms with Crippen molar-refractivity contribution >= 4 is 11.4 Å². The Bertz CT molecular complexity index is 403. The standard InChI is InChI=1S/C13H19F2N3/c14-10-4-5-11(16)13(12(10)15)17-6-3-9-18-7-1-2-8-18/h4-5,17H,1-3,6-9,16H2. The van der Waals surface area contributed by atoms with Crippen LogP contribution < -0.4 is 11.1 Å². The highest BCUT2D eigenvalue weighted by molar-refractivity contribution is 5.66. The minimum atomic E-state index is -0.892. The van der Waals surface area contributed by atoms with Crippen LogP contribution in [0.1, 0.15) is 19.3 Å². The van der Waals surface area contributed by atoms with Gasteiger partial charge in [-0.3, -0.25) is 0 Å². The number of hydrogen-bond donors (Lipinski definition) is 2. The van der Waals surface area contributed by atoms with E-state index in [0.717, 1.165) is 32.1 Å². The molecule has 18 heavy (non-hydrogen) atoms. The molecule has 0 aliphatic carbocycles. The van der Waals surface area contributed by atoms with Crippen LogP contribution in [0.2, 0.25) is 0 Å². The highest BCUT2D eigenvalue weighted by Crippen LogP contribution is 2.24. The SMILES string of the molecule is Nc1ccc(F)c(F)c1NCCCN1CCCC1. The van der Waals surface area contributed by atoms with Gasteiger partial charge in [0.1, 0.15) is 0 Å². The fourth-order valence-electron chi connectivity index (χ4n) is 2.27. The number of nitrogens with one attached hydrogen (secondary N) is 1. The molecule has 1 fully saturated rings. The summed E-state index contributed by atoms with van der Waals surface area (Å²) in [6.45, 7) is 3.89. The highest BCUT2D eigenvalue weighted by atomic mass is 19.2. The zero-order chi connectivity index (χ0) is 13.0. The molecule has 0 atom stereocenters. The first-order chi connectivity index (χ1) is 8.68. The zero-order valence-electron chi connectivity index (χ0n) is 10.4. The normalized spacial score (nSPS) is 16.1. The Morgan fingerprint density at radius 2 is 1.94 bits per heavy atom. The molecule has 0 amide bonds. The molecule has 0 radical (unpaired) electrons. The molecule has 1 aliphatic rings. The third kappa shape index (κ3) is 3.10. The number of halogens is 2. The third-order valence-electron chi connectivity index (χ3n) is 3.28. The van der Waals surface area contributed by atoms with E-state index >= 15 is 0 Å². The molecule has 0 unspecified atom stereocenters. The Hall–Kier alpha value is -1.36. The van der Waals surface area contributed by atoms with Crippen molar-refractivity contribution in [3.63, 3.8) is 0 Å². The van der Waals surface area contributed by atoms with Gasteiger partial charge in [-0.05, 0) is 51.0 Å². The Kier molecular flexibility index (Phi) is 4.36. The number of nitrogen functional groups attached to an aromatic ring is 1. The minimum absolute atomic E-state index is 0.0800. The van der Waals surface area contributed by atoms with Gasteiger partial charge in [-0.15, -0.1) is 0 Å². The molecular weight excluding hydrogens is 236 g/mol. The number of benzene rings is 1.